The standard InChI is InChI=1S/C65H44N2/c1-3-20-41(21-4-1)57-39-58(42-22-5-2-6-23-42)67-63(66-57)62-48-37-38-56-61(60(48)47-36-35-40-19-7-8-24-43(40)59(47)62)46-27-11-14-30-51(46)65(56)54-33-17-15-31-52(54)64(53-32-16-18-34-55(53)65)49-28-12-9-25-44(49)45-26-10-13-29-50(45)64/h1-5,7-17,19-22,24-33,35-39,62H,6,18,23,34H2. The Morgan fingerprint density at radius 1 is 0.463 bits per heavy atom. The highest BCUT2D eigenvalue weighted by Crippen LogP contribution is 2.70. The van der Waals surface area contributed by atoms with Gasteiger partial charge in [0.2, 0.25) is 0 Å². The molecule has 0 aliphatic heterocycles. The van der Waals surface area contributed by atoms with Gasteiger partial charge in [0.15, 0.2) is 0 Å². The van der Waals surface area contributed by atoms with E-state index in [4.69, 9.17) is 9.97 Å². The largest absolute Gasteiger partial charge is 0.232 e. The Bertz CT molecular complexity index is 3720. The van der Waals surface area contributed by atoms with E-state index in [1.807, 2.05) is 0 Å². The zero-order valence-corrected chi connectivity index (χ0v) is 37.0. The first-order valence-corrected chi connectivity index (χ1v) is 24.1. The van der Waals surface area contributed by atoms with Crippen molar-refractivity contribution >= 4 is 16.3 Å². The Labute approximate surface area is 391 Å². The van der Waals surface area contributed by atoms with Gasteiger partial charge in [0.25, 0.3) is 0 Å². The molecule has 8 aromatic carbocycles. The molecule has 0 fully saturated rings. The van der Waals surface area contributed by atoms with Crippen molar-refractivity contribution < 1.29 is 0 Å². The Kier molecular flexibility index (Phi) is 7.68. The monoisotopic (exact) mass is 852 g/mol. The molecule has 2 unspecified atom stereocenters. The molecule has 2 spiro atoms. The van der Waals surface area contributed by atoms with Crippen LogP contribution < -0.4 is 0 Å². The van der Waals surface area contributed by atoms with Gasteiger partial charge in [-0.3, -0.25) is 0 Å². The van der Waals surface area contributed by atoms with Crippen molar-refractivity contribution in [3.05, 3.63) is 280 Å². The van der Waals surface area contributed by atoms with Crippen molar-refractivity contribution in [1.82, 2.24) is 9.97 Å². The fraction of sp³-hybridized carbons (Fsp3) is 0.108. The molecule has 67 heavy (non-hydrogen) atoms. The fourth-order valence-electron chi connectivity index (χ4n) is 13.8. The van der Waals surface area contributed by atoms with E-state index in [2.05, 4.69) is 212 Å². The quantitative estimate of drug-likeness (QED) is 0.177. The van der Waals surface area contributed by atoms with Crippen molar-refractivity contribution in [2.45, 2.75) is 42.4 Å². The van der Waals surface area contributed by atoms with Crippen molar-refractivity contribution in [2.75, 3.05) is 0 Å². The lowest BCUT2D eigenvalue weighted by Crippen LogP contribution is -2.44. The van der Waals surface area contributed by atoms with Gasteiger partial charge in [-0.05, 0) is 137 Å². The predicted octanol–water partition coefficient (Wildman–Crippen LogP) is 15.5. The first kappa shape index (κ1) is 37.3. The highest BCUT2D eigenvalue weighted by atomic mass is 14.9. The van der Waals surface area contributed by atoms with E-state index in [0.717, 1.165) is 48.5 Å². The van der Waals surface area contributed by atoms with Crippen LogP contribution >= 0.6 is 0 Å². The van der Waals surface area contributed by atoms with Gasteiger partial charge in [-0.15, -0.1) is 0 Å². The SMILES string of the molecule is C1=CCCC(c2cc(-c3ccccc3)nc(C3c4ccc5c(c4-c4ccc6ccccc6c43)-c3ccccc3C53C4=C(C=CCC4)C4(c5ccccc5-c5ccccc54)c4ccccc43)n2)=C1. The first-order valence-electron chi connectivity index (χ1n) is 24.1. The molecule has 314 valence electrons. The normalized spacial score (nSPS) is 19.3. The van der Waals surface area contributed by atoms with Crippen LogP contribution in [0.1, 0.15) is 87.6 Å². The highest BCUT2D eigenvalue weighted by molar-refractivity contribution is 6.05. The van der Waals surface area contributed by atoms with E-state index >= 15 is 0 Å². The highest BCUT2D eigenvalue weighted by Gasteiger charge is 2.60. The smallest absolute Gasteiger partial charge is 0.141 e. The van der Waals surface area contributed by atoms with Crippen LogP contribution in [0.2, 0.25) is 0 Å². The summed E-state index contributed by atoms with van der Waals surface area (Å²) in [5.41, 5.74) is 25.3. The van der Waals surface area contributed by atoms with Crippen LogP contribution in [0.15, 0.2) is 224 Å². The molecule has 1 aromatic heterocycles. The predicted molar refractivity (Wildman–Crippen MR) is 273 cm³/mol. The van der Waals surface area contributed by atoms with Crippen molar-refractivity contribution in [1.29, 1.82) is 0 Å². The molecule has 0 radical (unpaired) electrons. The lowest BCUT2D eigenvalue weighted by atomic mass is 9.51. The van der Waals surface area contributed by atoms with Crippen molar-refractivity contribution in [3.63, 3.8) is 0 Å². The number of rotatable bonds is 3. The third-order valence-electron chi connectivity index (χ3n) is 16.2. The van der Waals surface area contributed by atoms with E-state index in [0.29, 0.717) is 0 Å². The van der Waals surface area contributed by atoms with Crippen LogP contribution in [0.5, 0.6) is 0 Å². The van der Waals surface area contributed by atoms with E-state index in [9.17, 15) is 0 Å². The van der Waals surface area contributed by atoms with Crippen LogP contribution in [-0.4, -0.2) is 9.97 Å². The number of aromatic nitrogens is 2. The van der Waals surface area contributed by atoms with Gasteiger partial charge < -0.3 is 0 Å². The summed E-state index contributed by atoms with van der Waals surface area (Å²) in [5.74, 6) is 0.683. The van der Waals surface area contributed by atoms with Gasteiger partial charge in [-0.25, -0.2) is 9.97 Å². The lowest BCUT2D eigenvalue weighted by Gasteiger charge is -2.50. The summed E-state index contributed by atoms with van der Waals surface area (Å²) in [4.78, 5) is 11.2. The van der Waals surface area contributed by atoms with Crippen LogP contribution in [0.25, 0.3) is 61.0 Å². The molecule has 2 nitrogen and oxygen atoms in total. The summed E-state index contributed by atoms with van der Waals surface area (Å²) < 4.78 is 0. The maximum absolute atomic E-state index is 5.62. The third kappa shape index (κ3) is 4.75. The van der Waals surface area contributed by atoms with Gasteiger partial charge in [0.05, 0.1) is 28.1 Å². The van der Waals surface area contributed by atoms with Gasteiger partial charge in [0, 0.05) is 5.56 Å². The number of hydrogen-bond acceptors (Lipinski definition) is 2. The summed E-state index contributed by atoms with van der Waals surface area (Å²) in [6.45, 7) is 0. The van der Waals surface area contributed by atoms with Crippen LogP contribution in [0.4, 0.5) is 0 Å². The Morgan fingerprint density at radius 3 is 1.87 bits per heavy atom. The van der Waals surface area contributed by atoms with Gasteiger partial charge in [-0.2, -0.15) is 0 Å². The molecule has 1 heterocycles. The molecule has 2 atom stereocenters. The molecular formula is C65H44N2. The summed E-state index contributed by atoms with van der Waals surface area (Å²) in [7, 11) is 0. The second kappa shape index (κ2) is 13.8. The summed E-state index contributed by atoms with van der Waals surface area (Å²) in [5, 5.41) is 2.50. The Morgan fingerprint density at radius 2 is 1.10 bits per heavy atom. The van der Waals surface area contributed by atoms with E-state index in [-0.39, 0.29) is 5.92 Å². The Hall–Kier alpha value is -7.94. The average Bonchev–Trinajstić information content (AvgIpc) is 4.02. The van der Waals surface area contributed by atoms with E-state index in [1.165, 1.54) is 105 Å². The molecule has 0 saturated heterocycles. The van der Waals surface area contributed by atoms with Crippen LogP contribution in [0.3, 0.4) is 0 Å². The number of hydrogen-bond donors (Lipinski definition) is 0. The first-order chi connectivity index (χ1) is 33.3. The molecule has 0 N–H and O–H groups in total. The molecule has 0 saturated carbocycles. The minimum Gasteiger partial charge on any atom is -0.232 e. The van der Waals surface area contributed by atoms with Crippen molar-refractivity contribution in [3.8, 4) is 44.6 Å². The minimum atomic E-state index is -0.498. The van der Waals surface area contributed by atoms with E-state index < -0.39 is 10.8 Å². The molecule has 6 aliphatic rings. The zero-order valence-electron chi connectivity index (χ0n) is 37.0. The molecular weight excluding hydrogens is 809 g/mol. The number of fused-ring (bicyclic) bond motifs is 21. The fourth-order valence-corrected chi connectivity index (χ4v) is 13.8. The molecule has 15 rings (SSSR count). The molecule has 9 aromatic rings. The number of allylic oxidation sites excluding steroid dienone is 8. The summed E-state index contributed by atoms with van der Waals surface area (Å²) >= 11 is 0. The number of benzene rings is 8. The van der Waals surface area contributed by atoms with Gasteiger partial charge >= 0.3 is 0 Å². The lowest BCUT2D eigenvalue weighted by molar-refractivity contribution is 0.590. The molecule has 6 aliphatic carbocycles. The minimum absolute atomic E-state index is 0.173. The molecule has 0 bridgehead atoms. The Balaban J connectivity index is 1.05. The maximum Gasteiger partial charge on any atom is 0.141 e. The zero-order chi connectivity index (χ0) is 43.8. The third-order valence-corrected chi connectivity index (χ3v) is 16.2. The van der Waals surface area contributed by atoms with E-state index in [1.54, 1.807) is 0 Å². The van der Waals surface area contributed by atoms with Gasteiger partial charge in [-0.1, -0.05) is 206 Å². The molecule has 0 amide bonds. The second-order valence-corrected chi connectivity index (χ2v) is 19.2. The summed E-state index contributed by atoms with van der Waals surface area (Å²) in [6, 6.07) is 68.9. The van der Waals surface area contributed by atoms with Crippen LogP contribution in [0, 0.1) is 0 Å². The number of nitrogens with zero attached hydrogens (tertiary/aromatic N) is 2. The van der Waals surface area contributed by atoms with Crippen LogP contribution in [-0.2, 0) is 10.8 Å². The summed E-state index contributed by atoms with van der Waals surface area (Å²) in [6.07, 6.45) is 15.6. The average molecular weight is 853 g/mol. The van der Waals surface area contributed by atoms with Crippen molar-refractivity contribution in [2.24, 2.45) is 0 Å². The topological polar surface area (TPSA) is 25.8 Å². The molecule has 2 heteroatoms. The second-order valence-electron chi connectivity index (χ2n) is 19.2. The maximum atomic E-state index is 5.62. The van der Waals surface area contributed by atoms with Gasteiger partial charge in [0.1, 0.15) is 5.82 Å².